The zero-order valence-corrected chi connectivity index (χ0v) is 7.92. The molecule has 1 heterocycles. The molecule has 1 saturated heterocycles. The van der Waals surface area contributed by atoms with Crippen molar-refractivity contribution >= 4 is 0 Å². The molecule has 0 amide bonds. The fourth-order valence-electron chi connectivity index (χ4n) is 2.56. The lowest BCUT2D eigenvalue weighted by Crippen LogP contribution is -2.43. The van der Waals surface area contributed by atoms with Crippen molar-refractivity contribution in [2.75, 3.05) is 13.2 Å². The van der Waals surface area contributed by atoms with Gasteiger partial charge in [-0.1, -0.05) is 0 Å². The van der Waals surface area contributed by atoms with Crippen molar-refractivity contribution in [3.63, 3.8) is 0 Å². The number of likely N-dealkylation sites (tertiary alicyclic amines) is 1. The van der Waals surface area contributed by atoms with Crippen LogP contribution in [-0.2, 0) is 0 Å². The molecule has 2 aliphatic rings. The standard InChI is InChI=1S/C10H19NO/c1-10(6-8-12)5-2-7-11(10)9-3-4-9/h9,12H,2-8H2,1H3. The Hall–Kier alpha value is -0.0800. The maximum absolute atomic E-state index is 8.99. The molecule has 2 nitrogen and oxygen atoms in total. The number of hydrogen-bond acceptors (Lipinski definition) is 2. The SMILES string of the molecule is CC1(CCO)CCCN1C1CC1. The fraction of sp³-hybridized carbons (Fsp3) is 1.00. The van der Waals surface area contributed by atoms with E-state index in [0.29, 0.717) is 12.1 Å². The Bertz CT molecular complexity index is 167. The summed E-state index contributed by atoms with van der Waals surface area (Å²) in [7, 11) is 0. The molecule has 12 heavy (non-hydrogen) atoms. The van der Waals surface area contributed by atoms with Crippen LogP contribution in [0.2, 0.25) is 0 Å². The van der Waals surface area contributed by atoms with Crippen molar-refractivity contribution < 1.29 is 5.11 Å². The minimum Gasteiger partial charge on any atom is -0.396 e. The molecule has 2 heteroatoms. The average Bonchev–Trinajstić information content (AvgIpc) is 2.77. The summed E-state index contributed by atoms with van der Waals surface area (Å²) in [5.74, 6) is 0. The fourth-order valence-corrected chi connectivity index (χ4v) is 2.56. The van der Waals surface area contributed by atoms with Crippen LogP contribution >= 0.6 is 0 Å². The van der Waals surface area contributed by atoms with Gasteiger partial charge in [0, 0.05) is 18.2 Å². The van der Waals surface area contributed by atoms with E-state index in [-0.39, 0.29) is 0 Å². The molecule has 1 saturated carbocycles. The predicted octanol–water partition coefficient (Wildman–Crippen LogP) is 1.39. The summed E-state index contributed by atoms with van der Waals surface area (Å²) in [6.45, 7) is 3.93. The maximum Gasteiger partial charge on any atom is 0.0448 e. The molecule has 0 bridgehead atoms. The third-order valence-corrected chi connectivity index (χ3v) is 3.45. The largest absolute Gasteiger partial charge is 0.396 e. The van der Waals surface area contributed by atoms with Gasteiger partial charge in [0.25, 0.3) is 0 Å². The van der Waals surface area contributed by atoms with Gasteiger partial charge in [-0.25, -0.2) is 0 Å². The van der Waals surface area contributed by atoms with Crippen molar-refractivity contribution in [2.24, 2.45) is 0 Å². The molecule has 0 radical (unpaired) electrons. The summed E-state index contributed by atoms with van der Waals surface area (Å²) in [5.41, 5.74) is 0.329. The van der Waals surface area contributed by atoms with Crippen LogP contribution in [0.25, 0.3) is 0 Å². The van der Waals surface area contributed by atoms with Gasteiger partial charge in [-0.15, -0.1) is 0 Å². The Balaban J connectivity index is 2.00. The third kappa shape index (κ3) is 1.38. The van der Waals surface area contributed by atoms with Crippen molar-refractivity contribution in [3.05, 3.63) is 0 Å². The lowest BCUT2D eigenvalue weighted by atomic mass is 9.95. The van der Waals surface area contributed by atoms with Crippen LogP contribution < -0.4 is 0 Å². The second-order valence-electron chi connectivity index (χ2n) is 4.50. The first-order chi connectivity index (χ1) is 5.76. The minimum absolute atomic E-state index is 0.329. The summed E-state index contributed by atoms with van der Waals surface area (Å²) < 4.78 is 0. The summed E-state index contributed by atoms with van der Waals surface area (Å²) in [6, 6.07) is 0.865. The van der Waals surface area contributed by atoms with Crippen molar-refractivity contribution in [2.45, 2.75) is 50.6 Å². The van der Waals surface area contributed by atoms with Crippen molar-refractivity contribution in [1.82, 2.24) is 4.90 Å². The monoisotopic (exact) mass is 169 g/mol. The molecule has 1 N–H and O–H groups in total. The van der Waals surface area contributed by atoms with Gasteiger partial charge in [-0.05, 0) is 45.6 Å². The molecule has 1 unspecified atom stereocenters. The Morgan fingerprint density at radius 2 is 2.25 bits per heavy atom. The quantitative estimate of drug-likeness (QED) is 0.690. The van der Waals surface area contributed by atoms with E-state index < -0.39 is 0 Å². The Morgan fingerprint density at radius 1 is 1.50 bits per heavy atom. The summed E-state index contributed by atoms with van der Waals surface area (Å²) in [4.78, 5) is 2.63. The molecule has 0 aromatic carbocycles. The highest BCUT2D eigenvalue weighted by atomic mass is 16.3. The van der Waals surface area contributed by atoms with E-state index in [0.717, 1.165) is 12.5 Å². The number of rotatable bonds is 3. The molecular formula is C10H19NO. The van der Waals surface area contributed by atoms with Gasteiger partial charge in [0.1, 0.15) is 0 Å². The van der Waals surface area contributed by atoms with Crippen LogP contribution in [0, 0.1) is 0 Å². The van der Waals surface area contributed by atoms with Crippen LogP contribution in [0.15, 0.2) is 0 Å². The first-order valence-electron chi connectivity index (χ1n) is 5.14. The second-order valence-corrected chi connectivity index (χ2v) is 4.50. The maximum atomic E-state index is 8.99. The van der Waals surface area contributed by atoms with E-state index in [4.69, 9.17) is 5.11 Å². The molecule has 1 atom stereocenters. The normalized spacial score (nSPS) is 37.5. The van der Waals surface area contributed by atoms with E-state index in [2.05, 4.69) is 11.8 Å². The zero-order valence-electron chi connectivity index (χ0n) is 7.92. The second kappa shape index (κ2) is 3.00. The molecule has 0 spiro atoms. The van der Waals surface area contributed by atoms with Crippen molar-refractivity contribution in [1.29, 1.82) is 0 Å². The number of hydrogen-bond donors (Lipinski definition) is 1. The van der Waals surface area contributed by atoms with Gasteiger partial charge in [0.2, 0.25) is 0 Å². The van der Waals surface area contributed by atoms with E-state index in [9.17, 15) is 0 Å². The van der Waals surface area contributed by atoms with Crippen LogP contribution in [0.5, 0.6) is 0 Å². The van der Waals surface area contributed by atoms with Gasteiger partial charge >= 0.3 is 0 Å². The first kappa shape index (κ1) is 8.52. The van der Waals surface area contributed by atoms with Crippen LogP contribution in [-0.4, -0.2) is 34.7 Å². The van der Waals surface area contributed by atoms with Gasteiger partial charge in [-0.2, -0.15) is 0 Å². The molecule has 2 rings (SSSR count). The molecule has 0 aromatic heterocycles. The van der Waals surface area contributed by atoms with E-state index >= 15 is 0 Å². The van der Waals surface area contributed by atoms with E-state index in [1.54, 1.807) is 0 Å². The summed E-state index contributed by atoms with van der Waals surface area (Å²) in [5, 5.41) is 8.99. The van der Waals surface area contributed by atoms with Crippen LogP contribution in [0.3, 0.4) is 0 Å². The summed E-state index contributed by atoms with van der Waals surface area (Å²) >= 11 is 0. The highest BCUT2D eigenvalue weighted by Gasteiger charge is 2.43. The Labute approximate surface area is 74.6 Å². The lowest BCUT2D eigenvalue weighted by Gasteiger charge is -2.35. The van der Waals surface area contributed by atoms with Crippen molar-refractivity contribution in [3.8, 4) is 0 Å². The van der Waals surface area contributed by atoms with Gasteiger partial charge in [0.15, 0.2) is 0 Å². The average molecular weight is 169 g/mol. The molecule has 1 aliphatic carbocycles. The van der Waals surface area contributed by atoms with Crippen LogP contribution in [0.1, 0.15) is 39.0 Å². The number of aliphatic hydroxyl groups is 1. The number of nitrogens with zero attached hydrogens (tertiary/aromatic N) is 1. The molecule has 2 fully saturated rings. The zero-order chi connectivity index (χ0) is 8.60. The topological polar surface area (TPSA) is 23.5 Å². The molecule has 0 aromatic rings. The smallest absolute Gasteiger partial charge is 0.0448 e. The molecule has 70 valence electrons. The van der Waals surface area contributed by atoms with Gasteiger partial charge < -0.3 is 5.11 Å². The summed E-state index contributed by atoms with van der Waals surface area (Å²) in [6.07, 6.45) is 6.35. The lowest BCUT2D eigenvalue weighted by molar-refractivity contribution is 0.109. The minimum atomic E-state index is 0.329. The molecule has 1 aliphatic heterocycles. The van der Waals surface area contributed by atoms with Gasteiger partial charge in [-0.3, -0.25) is 4.90 Å². The molecular weight excluding hydrogens is 150 g/mol. The Morgan fingerprint density at radius 3 is 2.83 bits per heavy atom. The highest BCUT2D eigenvalue weighted by Crippen LogP contribution is 2.40. The Kier molecular flexibility index (Phi) is 2.13. The van der Waals surface area contributed by atoms with Gasteiger partial charge in [0.05, 0.1) is 0 Å². The number of aliphatic hydroxyl groups excluding tert-OH is 1. The first-order valence-corrected chi connectivity index (χ1v) is 5.14. The highest BCUT2D eigenvalue weighted by molar-refractivity contribution is 4.99. The predicted molar refractivity (Wildman–Crippen MR) is 49.1 cm³/mol. The van der Waals surface area contributed by atoms with E-state index in [1.165, 1.54) is 32.2 Å². The van der Waals surface area contributed by atoms with E-state index in [1.807, 2.05) is 0 Å². The van der Waals surface area contributed by atoms with Crippen LogP contribution in [0.4, 0.5) is 0 Å². The third-order valence-electron chi connectivity index (χ3n) is 3.45.